The van der Waals surface area contributed by atoms with Gasteiger partial charge in [0.25, 0.3) is 8.53 Å². The fourth-order valence-electron chi connectivity index (χ4n) is 14.9. The van der Waals surface area contributed by atoms with E-state index in [9.17, 15) is 44.8 Å². The van der Waals surface area contributed by atoms with Crippen LogP contribution in [0.15, 0.2) is 97.1 Å². The molecule has 2 saturated carbocycles. The molecule has 2 fully saturated rings. The van der Waals surface area contributed by atoms with Crippen LogP contribution < -0.4 is 14.2 Å². The monoisotopic (exact) mass is 1500 g/mol. The van der Waals surface area contributed by atoms with Crippen molar-refractivity contribution in [1.29, 1.82) is 5.26 Å². The van der Waals surface area contributed by atoms with Gasteiger partial charge in [0.1, 0.15) is 29.5 Å². The molecule has 26 heteroatoms. The molecule has 0 saturated heterocycles. The molecule has 7 atom stereocenters. The summed E-state index contributed by atoms with van der Waals surface area (Å²) in [5.74, 6) is 5.13. The van der Waals surface area contributed by atoms with Crippen molar-refractivity contribution in [1.82, 2.24) is 14.5 Å². The minimum atomic E-state index is -6.76. The summed E-state index contributed by atoms with van der Waals surface area (Å²) in [5, 5.41) is 9.40. The number of nitriles is 1. The molecular weight excluding hydrogens is 1390 g/mol. The highest BCUT2D eigenvalue weighted by molar-refractivity contribution is 8.76. The maximum Gasteiger partial charge on any atom is 0.435 e. The Hall–Kier alpha value is -4.13. The second kappa shape index (κ2) is 41.3. The first-order valence-electron chi connectivity index (χ1n) is 35.9. The maximum atomic E-state index is 13.3. The maximum absolute atomic E-state index is 13.3. The number of hydrogen-bond acceptors (Lipinski definition) is 16. The molecule has 0 amide bonds. The Morgan fingerprint density at radius 3 is 1.73 bits per heavy atom. The first kappa shape index (κ1) is 85.1. The highest BCUT2D eigenvalue weighted by atomic mass is 33.1. The molecule has 4 aromatic rings. The number of hydrogen-bond donors (Lipinski definition) is 0. The summed E-state index contributed by atoms with van der Waals surface area (Å²) in [7, 11) is 9.74. The number of methoxy groups -OCH3 is 2. The summed E-state index contributed by atoms with van der Waals surface area (Å²) >= 11 is 0. The zero-order valence-corrected chi connectivity index (χ0v) is 63.3. The molecule has 0 spiro atoms. The first-order chi connectivity index (χ1) is 48.7. The second-order valence-corrected chi connectivity index (χ2v) is 31.8. The number of rotatable bonds is 47. The number of ether oxygens (including phenoxy) is 8. The molecule has 2 unspecified atom stereocenters. The smallest absolute Gasteiger partial charge is 0.435 e. The van der Waals surface area contributed by atoms with Crippen LogP contribution in [0.5, 0.6) is 17.2 Å². The SMILES string of the molecule is COc1ccc(C(OCC(CCCCN(C)CCCOCCSSCCOCCCN(C)CCOc2ccc3c(c2)CC[C@@H]2[C@@H]3CC[C@]3(C)[C@@H](OCCCOC(C(F)(F)F)(C(F)(F)F)C(F)(F)F)CC[C@@H]23)COP(OCCC#N)N(C(C)C)C(C)C)(c2ccccc2)c2ccc(OC)cc2)cc1. The fraction of sp³-hybridized carbons (Fsp3) is 0.671. The van der Waals surface area contributed by atoms with Crippen molar-refractivity contribution in [3.05, 3.63) is 125 Å². The Labute approximate surface area is 608 Å². The van der Waals surface area contributed by atoms with Crippen LogP contribution in [0.4, 0.5) is 39.5 Å². The summed E-state index contributed by atoms with van der Waals surface area (Å²) in [6.07, 6.45) is -11.2. The number of unbranched alkanes of at least 4 members (excludes halogenated alkanes) is 1. The lowest BCUT2D eigenvalue weighted by atomic mass is 9.55. The van der Waals surface area contributed by atoms with E-state index in [4.69, 9.17) is 42.2 Å². The second-order valence-electron chi connectivity index (χ2n) is 27.7. The van der Waals surface area contributed by atoms with Crippen molar-refractivity contribution in [3.63, 3.8) is 0 Å². The van der Waals surface area contributed by atoms with E-state index in [1.165, 1.54) is 11.1 Å². The summed E-state index contributed by atoms with van der Waals surface area (Å²) in [5.41, 5.74) is -2.04. The first-order valence-corrected chi connectivity index (χ1v) is 39.5. The average molecular weight is 1500 g/mol. The molecule has 0 heterocycles. The third kappa shape index (κ3) is 23.2. The van der Waals surface area contributed by atoms with Crippen LogP contribution in [0.25, 0.3) is 0 Å². The zero-order chi connectivity index (χ0) is 74.0. The van der Waals surface area contributed by atoms with Gasteiger partial charge < -0.3 is 56.7 Å². The number of benzene rings is 4. The standard InChI is InChI=1S/C76H108F9N4O10PS2/c1-56(2)89(57(3)4)100(98-47-15-38-86)99-55-58(54-97-72(60-20-11-10-12-21-60,61-23-27-63(90-8)28-24-61)62-25-29-64(91-9)30-26-62)19-13-14-39-87(6)40-16-43-92-49-51-101-102-52-50-93-44-17-41-88(7)42-48-94-65-31-33-66-59(53-65)22-32-68-67(66)36-37-71(5)69(68)34-35-70(71)95-45-18-46-96-73(74(77,78)79,75(80,81)82)76(83,84)85/h10-12,20-21,23-31,33,53,56-58,67-70H,13-19,22,32,34-37,39-52,54-55H2,1-9H3/t58?,67-,68-,69+,70+,71+,100?/m1/s1. The molecule has 102 heavy (non-hydrogen) atoms. The van der Waals surface area contributed by atoms with E-state index in [0.717, 1.165) is 136 Å². The zero-order valence-electron chi connectivity index (χ0n) is 60.8. The van der Waals surface area contributed by atoms with Gasteiger partial charge in [-0.2, -0.15) is 44.8 Å². The van der Waals surface area contributed by atoms with Gasteiger partial charge in [0.05, 0.1) is 72.5 Å². The van der Waals surface area contributed by atoms with Gasteiger partial charge in [0.15, 0.2) is 0 Å². The molecule has 572 valence electrons. The van der Waals surface area contributed by atoms with Gasteiger partial charge in [-0.25, -0.2) is 4.67 Å². The summed E-state index contributed by atoms with van der Waals surface area (Å²) < 4.78 is 182. The molecule has 0 N–H and O–H groups in total. The number of fused-ring (bicyclic) bond motifs is 5. The van der Waals surface area contributed by atoms with E-state index in [1.54, 1.807) is 35.8 Å². The lowest BCUT2D eigenvalue weighted by molar-refractivity contribution is -0.457. The van der Waals surface area contributed by atoms with Crippen LogP contribution in [-0.4, -0.2) is 189 Å². The largest absolute Gasteiger partial charge is 0.497 e. The quantitative estimate of drug-likeness (QED) is 0.0137. The Kier molecular flexibility index (Phi) is 34.4. The molecule has 3 aliphatic carbocycles. The lowest BCUT2D eigenvalue weighted by Gasteiger charge is -2.50. The predicted octanol–water partition coefficient (Wildman–Crippen LogP) is 18.3. The summed E-state index contributed by atoms with van der Waals surface area (Å²) in [4.78, 5) is 4.62. The van der Waals surface area contributed by atoms with Crippen LogP contribution in [-0.2, 0) is 44.8 Å². The van der Waals surface area contributed by atoms with Gasteiger partial charge in [-0.05, 0) is 206 Å². The normalized spacial score (nSPS) is 19.5. The molecular formula is C76H108F9N4O10PS2. The number of nitrogens with zero attached hydrogens (tertiary/aromatic N) is 4. The van der Waals surface area contributed by atoms with Gasteiger partial charge in [-0.3, -0.25) is 0 Å². The molecule has 0 aliphatic heterocycles. The van der Waals surface area contributed by atoms with Crippen LogP contribution in [0, 0.1) is 34.5 Å². The number of likely N-dealkylation sites (N-methyl/N-ethyl adjacent to an activating group) is 1. The van der Waals surface area contributed by atoms with E-state index in [1.807, 2.05) is 48.5 Å². The molecule has 0 aromatic heterocycles. The highest BCUT2D eigenvalue weighted by Gasteiger charge is 2.85. The molecule has 0 radical (unpaired) electrons. The van der Waals surface area contributed by atoms with Gasteiger partial charge in [0.2, 0.25) is 0 Å². The Balaban J connectivity index is 0.747. The van der Waals surface area contributed by atoms with Crippen molar-refractivity contribution in [3.8, 4) is 23.3 Å². The van der Waals surface area contributed by atoms with Gasteiger partial charge in [-0.1, -0.05) is 95.6 Å². The lowest BCUT2D eigenvalue weighted by Crippen LogP contribution is -2.67. The highest BCUT2D eigenvalue weighted by Crippen LogP contribution is 2.62. The van der Waals surface area contributed by atoms with Crippen LogP contribution >= 0.6 is 30.1 Å². The molecule has 3 aliphatic rings. The number of alkyl halides is 9. The van der Waals surface area contributed by atoms with Crippen LogP contribution in [0.2, 0.25) is 0 Å². The predicted molar refractivity (Wildman–Crippen MR) is 385 cm³/mol. The third-order valence-electron chi connectivity index (χ3n) is 20.0. The Bertz CT molecular complexity index is 3000. The topological polar surface area (TPSA) is 126 Å². The van der Waals surface area contributed by atoms with E-state index in [0.29, 0.717) is 71.1 Å². The van der Waals surface area contributed by atoms with E-state index < -0.39 is 51.3 Å². The van der Waals surface area contributed by atoms with Crippen LogP contribution in [0.3, 0.4) is 0 Å². The van der Waals surface area contributed by atoms with Gasteiger partial charge >= 0.3 is 24.1 Å². The van der Waals surface area contributed by atoms with Crippen molar-refractivity contribution in [2.45, 2.75) is 172 Å². The summed E-state index contributed by atoms with van der Waals surface area (Å²) in [6.45, 7) is 16.9. The Morgan fingerprint density at radius 1 is 0.588 bits per heavy atom. The Morgan fingerprint density at radius 2 is 1.16 bits per heavy atom. The third-order valence-corrected chi connectivity index (χ3v) is 24.4. The van der Waals surface area contributed by atoms with E-state index >= 15 is 0 Å². The van der Waals surface area contributed by atoms with Crippen LogP contribution in [0.1, 0.15) is 145 Å². The number of aryl methyl sites for hydroxylation is 1. The summed E-state index contributed by atoms with van der Waals surface area (Å²) in [6, 6.07) is 35.5. The average Bonchev–Trinajstić information content (AvgIpc) is 0.884. The van der Waals surface area contributed by atoms with Crippen molar-refractivity contribution in [2.24, 2.45) is 23.2 Å². The van der Waals surface area contributed by atoms with E-state index in [2.05, 4.69) is 123 Å². The van der Waals surface area contributed by atoms with Gasteiger partial charge in [0, 0.05) is 69.0 Å². The van der Waals surface area contributed by atoms with Crippen molar-refractivity contribution < 1.29 is 86.5 Å². The minimum absolute atomic E-state index is 0.00797. The molecule has 4 aromatic carbocycles. The van der Waals surface area contributed by atoms with Crippen molar-refractivity contribution >= 4 is 30.1 Å². The van der Waals surface area contributed by atoms with Crippen molar-refractivity contribution in [2.75, 3.05) is 132 Å². The molecule has 7 rings (SSSR count). The fourth-order valence-corrected chi connectivity index (χ4v) is 18.3. The molecule has 14 nitrogen and oxygen atoms in total. The molecule has 0 bridgehead atoms. The van der Waals surface area contributed by atoms with E-state index in [-0.39, 0.29) is 48.5 Å². The minimum Gasteiger partial charge on any atom is -0.497 e. The van der Waals surface area contributed by atoms with Gasteiger partial charge in [-0.15, -0.1) is 0 Å². The number of halogens is 9.